The van der Waals surface area contributed by atoms with Crippen molar-refractivity contribution in [2.24, 2.45) is 0 Å². The number of furan rings is 1. The minimum Gasteiger partial charge on any atom is -0.456 e. The summed E-state index contributed by atoms with van der Waals surface area (Å²) in [4.78, 5) is 0. The fraction of sp³-hybridized carbons (Fsp3) is 0.176. The summed E-state index contributed by atoms with van der Waals surface area (Å²) in [5.41, 5.74) is 2.19. The number of hydrogen-bond donors (Lipinski definition) is 1. The van der Waals surface area contributed by atoms with E-state index in [2.05, 4.69) is 5.32 Å². The quantitative estimate of drug-likeness (QED) is 0.758. The van der Waals surface area contributed by atoms with Crippen LogP contribution in [0.5, 0.6) is 0 Å². The lowest BCUT2D eigenvalue weighted by atomic mass is 9.99. The van der Waals surface area contributed by atoms with Crippen molar-refractivity contribution >= 4 is 11.0 Å². The van der Waals surface area contributed by atoms with E-state index in [-0.39, 0.29) is 17.7 Å². The second-order valence-corrected chi connectivity index (χ2v) is 5.03. The van der Waals surface area contributed by atoms with Gasteiger partial charge in [-0.05, 0) is 55.9 Å². The Morgan fingerprint density at radius 2 is 1.71 bits per heavy atom. The monoisotopic (exact) mass is 287 g/mol. The van der Waals surface area contributed by atoms with Gasteiger partial charge in [-0.3, -0.25) is 0 Å². The minimum absolute atomic E-state index is 0.0468. The smallest absolute Gasteiger partial charge is 0.135 e. The van der Waals surface area contributed by atoms with Crippen LogP contribution in [0.1, 0.15) is 18.5 Å². The lowest BCUT2D eigenvalue weighted by Crippen LogP contribution is -2.13. The molecule has 3 rings (SSSR count). The van der Waals surface area contributed by atoms with E-state index >= 15 is 0 Å². The molecule has 0 aliphatic carbocycles. The summed E-state index contributed by atoms with van der Waals surface area (Å²) in [5.74, 6) is -0.117. The first kappa shape index (κ1) is 13.8. The van der Waals surface area contributed by atoms with Crippen LogP contribution in [0.25, 0.3) is 22.3 Å². The third-order valence-corrected chi connectivity index (χ3v) is 3.66. The van der Waals surface area contributed by atoms with Crippen LogP contribution >= 0.6 is 0 Å². The van der Waals surface area contributed by atoms with Gasteiger partial charge in [0.1, 0.15) is 23.0 Å². The fourth-order valence-corrected chi connectivity index (χ4v) is 2.42. The molecular weight excluding hydrogens is 272 g/mol. The average molecular weight is 287 g/mol. The highest BCUT2D eigenvalue weighted by Crippen LogP contribution is 2.33. The first-order chi connectivity index (χ1) is 10.1. The van der Waals surface area contributed by atoms with Gasteiger partial charge in [0, 0.05) is 17.0 Å². The first-order valence-corrected chi connectivity index (χ1v) is 6.74. The summed E-state index contributed by atoms with van der Waals surface area (Å²) in [6, 6.07) is 10.7. The van der Waals surface area contributed by atoms with Crippen LogP contribution in [0.4, 0.5) is 8.78 Å². The van der Waals surface area contributed by atoms with Gasteiger partial charge in [-0.15, -0.1) is 0 Å². The Balaban J connectivity index is 2.19. The molecule has 21 heavy (non-hydrogen) atoms. The number of halogens is 2. The van der Waals surface area contributed by atoms with E-state index in [0.29, 0.717) is 22.3 Å². The van der Waals surface area contributed by atoms with Crippen LogP contribution in [-0.2, 0) is 0 Å². The maximum atomic E-state index is 13.6. The predicted molar refractivity (Wildman–Crippen MR) is 79.0 cm³/mol. The summed E-state index contributed by atoms with van der Waals surface area (Å²) in [6.07, 6.45) is 0. The van der Waals surface area contributed by atoms with Crippen molar-refractivity contribution in [1.82, 2.24) is 5.32 Å². The number of nitrogens with one attached hydrogen (secondary N) is 1. The van der Waals surface area contributed by atoms with Gasteiger partial charge < -0.3 is 9.73 Å². The van der Waals surface area contributed by atoms with Crippen molar-refractivity contribution in [1.29, 1.82) is 0 Å². The third kappa shape index (κ3) is 2.54. The Morgan fingerprint density at radius 1 is 1.00 bits per heavy atom. The molecule has 1 heterocycles. The Hall–Kier alpha value is -2.20. The van der Waals surface area contributed by atoms with E-state index in [4.69, 9.17) is 4.42 Å². The fourth-order valence-electron chi connectivity index (χ4n) is 2.42. The SMILES string of the molecule is CNC(C)c1ccc(F)cc1-c1cc2cc(F)ccc2o1. The second-order valence-electron chi connectivity index (χ2n) is 5.03. The van der Waals surface area contributed by atoms with Crippen LogP contribution in [0.2, 0.25) is 0 Å². The van der Waals surface area contributed by atoms with Crippen molar-refractivity contribution in [2.45, 2.75) is 13.0 Å². The maximum absolute atomic E-state index is 13.6. The van der Waals surface area contributed by atoms with E-state index in [0.717, 1.165) is 5.56 Å². The molecule has 0 radical (unpaired) electrons. The summed E-state index contributed by atoms with van der Waals surface area (Å²) in [6.45, 7) is 1.99. The van der Waals surface area contributed by atoms with Crippen LogP contribution in [0.3, 0.4) is 0 Å². The van der Waals surface area contributed by atoms with Gasteiger partial charge in [-0.25, -0.2) is 8.78 Å². The molecule has 0 aliphatic rings. The van der Waals surface area contributed by atoms with Gasteiger partial charge in [0.15, 0.2) is 0 Å². The summed E-state index contributed by atoms with van der Waals surface area (Å²) in [7, 11) is 1.84. The number of fused-ring (bicyclic) bond motifs is 1. The second kappa shape index (κ2) is 5.30. The van der Waals surface area contributed by atoms with Crippen molar-refractivity contribution < 1.29 is 13.2 Å². The molecule has 0 fully saturated rings. The maximum Gasteiger partial charge on any atom is 0.135 e. The van der Waals surface area contributed by atoms with Gasteiger partial charge in [0.05, 0.1) is 0 Å². The Labute approximate surface area is 121 Å². The van der Waals surface area contributed by atoms with Gasteiger partial charge >= 0.3 is 0 Å². The van der Waals surface area contributed by atoms with Crippen LogP contribution in [0.15, 0.2) is 46.9 Å². The van der Waals surface area contributed by atoms with Crippen LogP contribution in [0, 0.1) is 11.6 Å². The van der Waals surface area contributed by atoms with Gasteiger partial charge in [-0.1, -0.05) is 6.07 Å². The highest BCUT2D eigenvalue weighted by atomic mass is 19.1. The molecule has 2 nitrogen and oxygen atoms in total. The van der Waals surface area contributed by atoms with Gasteiger partial charge in [0.2, 0.25) is 0 Å². The molecule has 4 heteroatoms. The van der Waals surface area contributed by atoms with E-state index in [1.807, 2.05) is 14.0 Å². The Kier molecular flexibility index (Phi) is 3.47. The zero-order chi connectivity index (χ0) is 15.0. The average Bonchev–Trinajstić information content (AvgIpc) is 2.89. The largest absolute Gasteiger partial charge is 0.456 e. The van der Waals surface area contributed by atoms with E-state index < -0.39 is 0 Å². The topological polar surface area (TPSA) is 25.2 Å². The van der Waals surface area contributed by atoms with Crippen LogP contribution < -0.4 is 5.32 Å². The molecule has 0 bridgehead atoms. The zero-order valence-corrected chi connectivity index (χ0v) is 11.8. The Morgan fingerprint density at radius 3 is 2.48 bits per heavy atom. The van der Waals surface area contributed by atoms with Crippen molar-refractivity contribution in [3.05, 3.63) is 59.7 Å². The number of benzene rings is 2. The molecule has 3 aromatic rings. The number of hydrogen-bond acceptors (Lipinski definition) is 2. The summed E-state index contributed by atoms with van der Waals surface area (Å²) < 4.78 is 32.6. The van der Waals surface area contributed by atoms with Crippen molar-refractivity contribution in [3.8, 4) is 11.3 Å². The molecule has 1 unspecified atom stereocenters. The van der Waals surface area contributed by atoms with Crippen LogP contribution in [-0.4, -0.2) is 7.05 Å². The molecular formula is C17H15F2NO. The molecule has 2 aromatic carbocycles. The molecule has 0 aliphatic heterocycles. The van der Waals surface area contributed by atoms with Crippen molar-refractivity contribution in [2.75, 3.05) is 7.05 Å². The molecule has 0 amide bonds. The Bertz CT molecular complexity index is 795. The molecule has 108 valence electrons. The lowest BCUT2D eigenvalue weighted by Gasteiger charge is -2.14. The molecule has 1 N–H and O–H groups in total. The predicted octanol–water partition coefficient (Wildman–Crippen LogP) is 4.66. The summed E-state index contributed by atoms with van der Waals surface area (Å²) >= 11 is 0. The highest BCUT2D eigenvalue weighted by molar-refractivity contribution is 5.83. The molecule has 1 atom stereocenters. The highest BCUT2D eigenvalue weighted by Gasteiger charge is 2.15. The molecule has 1 aromatic heterocycles. The van der Waals surface area contributed by atoms with E-state index in [1.54, 1.807) is 18.2 Å². The number of rotatable bonds is 3. The molecule has 0 spiro atoms. The van der Waals surface area contributed by atoms with E-state index in [9.17, 15) is 8.78 Å². The third-order valence-electron chi connectivity index (χ3n) is 3.66. The molecule has 0 saturated carbocycles. The van der Waals surface area contributed by atoms with Gasteiger partial charge in [-0.2, -0.15) is 0 Å². The minimum atomic E-state index is -0.330. The standard InChI is InChI=1S/C17H15F2NO/c1-10(20-2)14-5-3-13(19)9-15(14)17-8-11-7-12(18)4-6-16(11)21-17/h3-10,20H,1-2H3. The first-order valence-electron chi connectivity index (χ1n) is 6.74. The normalized spacial score (nSPS) is 12.8. The summed E-state index contributed by atoms with van der Waals surface area (Å²) in [5, 5.41) is 3.79. The van der Waals surface area contributed by atoms with Crippen molar-refractivity contribution in [3.63, 3.8) is 0 Å². The van der Waals surface area contributed by atoms with E-state index in [1.165, 1.54) is 24.3 Å². The van der Waals surface area contributed by atoms with Gasteiger partial charge in [0.25, 0.3) is 0 Å². The molecule has 0 saturated heterocycles. The zero-order valence-electron chi connectivity index (χ0n) is 11.8. The lowest BCUT2D eigenvalue weighted by molar-refractivity contribution is 0.604.